The first kappa shape index (κ1) is 19.1. The Kier molecular flexibility index (Phi) is 6.19. The maximum atomic E-state index is 11.2. The normalized spacial score (nSPS) is 13.6. The van der Waals surface area contributed by atoms with Gasteiger partial charge in [0.25, 0.3) is 10.1 Å². The maximum Gasteiger partial charge on any atom is 0.346 e. The summed E-state index contributed by atoms with van der Waals surface area (Å²) in [7, 11) is -9.72. The van der Waals surface area contributed by atoms with E-state index in [1.807, 2.05) is 36.4 Å². The van der Waals surface area contributed by atoms with E-state index in [1.54, 1.807) is 6.07 Å². The van der Waals surface area contributed by atoms with Crippen molar-refractivity contribution in [3.8, 4) is 10.8 Å². The van der Waals surface area contributed by atoms with Crippen molar-refractivity contribution in [3.05, 3.63) is 47.3 Å². The maximum absolute atomic E-state index is 11.2. The van der Waals surface area contributed by atoms with Gasteiger partial charge in [-0.2, -0.15) is 8.42 Å². The van der Waals surface area contributed by atoms with Crippen LogP contribution in [0, 0.1) is 0 Å². The SMILES string of the molecule is O=P(O)(O)C(CCCc1ccc(Oc2ccccc2)s1)S(=O)(=O)O. The van der Waals surface area contributed by atoms with Crippen LogP contribution in [0.4, 0.5) is 0 Å². The van der Waals surface area contributed by atoms with Crippen LogP contribution in [0.5, 0.6) is 10.8 Å². The molecule has 0 radical (unpaired) electrons. The summed E-state index contributed by atoms with van der Waals surface area (Å²) in [6, 6.07) is 12.8. The van der Waals surface area contributed by atoms with Crippen LogP contribution in [0.25, 0.3) is 0 Å². The summed E-state index contributed by atoms with van der Waals surface area (Å²) in [6.45, 7) is 0. The lowest BCUT2D eigenvalue weighted by Crippen LogP contribution is -2.20. The summed E-state index contributed by atoms with van der Waals surface area (Å²) in [5.41, 5.74) is 0. The van der Waals surface area contributed by atoms with Crippen molar-refractivity contribution in [1.82, 2.24) is 0 Å². The Balaban J connectivity index is 1.92. The van der Waals surface area contributed by atoms with Crippen LogP contribution < -0.4 is 4.74 Å². The first-order valence-corrected chi connectivity index (χ1v) is 11.0. The molecule has 1 heterocycles. The molecule has 1 aromatic carbocycles. The van der Waals surface area contributed by atoms with Crippen LogP contribution >= 0.6 is 18.9 Å². The molecule has 7 nitrogen and oxygen atoms in total. The van der Waals surface area contributed by atoms with Gasteiger partial charge in [0.15, 0.2) is 10.1 Å². The molecule has 1 atom stereocenters. The predicted molar refractivity (Wildman–Crippen MR) is 91.2 cm³/mol. The molecule has 0 aliphatic heterocycles. The second-order valence-corrected chi connectivity index (χ2v) is 9.97. The van der Waals surface area contributed by atoms with E-state index in [4.69, 9.17) is 19.1 Å². The van der Waals surface area contributed by atoms with Gasteiger partial charge in [-0.15, -0.1) is 11.3 Å². The van der Waals surface area contributed by atoms with Gasteiger partial charge in [-0.1, -0.05) is 18.2 Å². The monoisotopic (exact) mass is 392 g/mol. The predicted octanol–water partition coefficient (Wildman–Crippen LogP) is 3.25. The van der Waals surface area contributed by atoms with Crippen LogP contribution in [0.1, 0.15) is 17.7 Å². The van der Waals surface area contributed by atoms with Gasteiger partial charge in [-0.05, 0) is 43.5 Å². The third-order valence-electron chi connectivity index (χ3n) is 3.19. The fourth-order valence-corrected chi connectivity index (χ4v) is 5.38. The lowest BCUT2D eigenvalue weighted by molar-refractivity contribution is 0.360. The second-order valence-electron chi connectivity index (χ2n) is 5.09. The molecule has 0 spiro atoms. The van der Waals surface area contributed by atoms with Crippen molar-refractivity contribution in [2.45, 2.75) is 24.3 Å². The number of thiophene rings is 1. The minimum atomic E-state index is -4.92. The van der Waals surface area contributed by atoms with Crippen molar-refractivity contribution < 1.29 is 32.1 Å². The standard InChI is InChI=1S/C14H17O7PS2/c15-22(16,17)14(24(18,19)20)8-4-7-12-9-10-13(23-12)21-11-5-2-1-3-6-11/h1-3,5-6,9-10,14H,4,7-8H2,(H2,15,16,17)(H,18,19,20). The van der Waals surface area contributed by atoms with Crippen LogP contribution in [0.2, 0.25) is 0 Å². The molecule has 1 unspecified atom stereocenters. The molecule has 0 saturated carbocycles. The minimum absolute atomic E-state index is 0.209. The van der Waals surface area contributed by atoms with Crippen molar-refractivity contribution in [2.75, 3.05) is 0 Å². The molecule has 2 rings (SSSR count). The Labute approximate surface area is 143 Å². The van der Waals surface area contributed by atoms with E-state index in [1.165, 1.54) is 11.3 Å². The molecule has 0 fully saturated rings. The van der Waals surface area contributed by atoms with E-state index in [0.29, 0.717) is 17.2 Å². The summed E-state index contributed by atoms with van der Waals surface area (Å²) >= 11 is 1.37. The lowest BCUT2D eigenvalue weighted by atomic mass is 10.2. The van der Waals surface area contributed by atoms with Gasteiger partial charge in [0, 0.05) is 4.88 Å². The zero-order chi connectivity index (χ0) is 17.8. The fourth-order valence-electron chi connectivity index (χ4n) is 2.09. The van der Waals surface area contributed by atoms with Gasteiger partial charge in [-0.25, -0.2) is 0 Å². The molecule has 0 aliphatic rings. The van der Waals surface area contributed by atoms with Gasteiger partial charge in [0.1, 0.15) is 5.75 Å². The third kappa shape index (κ3) is 5.70. The van der Waals surface area contributed by atoms with Crippen LogP contribution in [0.15, 0.2) is 42.5 Å². The number of rotatable bonds is 8. The highest BCUT2D eigenvalue weighted by Crippen LogP contribution is 2.46. The lowest BCUT2D eigenvalue weighted by Gasteiger charge is -2.14. The Hall–Kier alpha value is -1.22. The quantitative estimate of drug-likeness (QED) is 0.466. The molecule has 0 saturated heterocycles. The van der Waals surface area contributed by atoms with E-state index in [2.05, 4.69) is 0 Å². The van der Waals surface area contributed by atoms with E-state index in [-0.39, 0.29) is 12.8 Å². The number of hydrogen-bond donors (Lipinski definition) is 3. The highest BCUT2D eigenvalue weighted by Gasteiger charge is 2.38. The van der Waals surface area contributed by atoms with Gasteiger partial charge in [0.05, 0.1) is 0 Å². The molecule has 1 aromatic heterocycles. The van der Waals surface area contributed by atoms with Crippen molar-refractivity contribution in [2.24, 2.45) is 0 Å². The van der Waals surface area contributed by atoms with Crippen LogP contribution in [0.3, 0.4) is 0 Å². The molecular weight excluding hydrogens is 375 g/mol. The van der Waals surface area contributed by atoms with Gasteiger partial charge in [0.2, 0.25) is 0 Å². The van der Waals surface area contributed by atoms with Gasteiger partial charge < -0.3 is 14.5 Å². The van der Waals surface area contributed by atoms with Crippen LogP contribution in [-0.4, -0.2) is 27.7 Å². The smallest absolute Gasteiger partial charge is 0.346 e. The topological polar surface area (TPSA) is 121 Å². The third-order valence-corrected chi connectivity index (χ3v) is 7.77. The van der Waals surface area contributed by atoms with Crippen molar-refractivity contribution in [3.63, 3.8) is 0 Å². The molecule has 24 heavy (non-hydrogen) atoms. The van der Waals surface area contributed by atoms with Gasteiger partial charge in [-0.3, -0.25) is 9.12 Å². The van der Waals surface area contributed by atoms with E-state index >= 15 is 0 Å². The molecule has 0 amide bonds. The zero-order valence-corrected chi connectivity index (χ0v) is 15.0. The summed E-state index contributed by atoms with van der Waals surface area (Å²) in [4.78, 5) is 16.9. The van der Waals surface area contributed by atoms with E-state index < -0.39 is 22.7 Å². The highest BCUT2D eigenvalue weighted by molar-refractivity contribution is 7.93. The summed E-state index contributed by atoms with van der Waals surface area (Å²) in [5, 5.41) is 0.664. The molecule has 0 aliphatic carbocycles. The summed E-state index contributed by atoms with van der Waals surface area (Å²) in [6.07, 6.45) is 0.311. The Morgan fingerprint density at radius 1 is 1.12 bits per heavy atom. The van der Waals surface area contributed by atoms with E-state index in [0.717, 1.165) is 4.88 Å². The first-order chi connectivity index (χ1) is 11.2. The molecule has 2 aromatic rings. The first-order valence-electron chi connectivity index (χ1n) is 6.99. The average molecular weight is 392 g/mol. The Morgan fingerprint density at radius 3 is 2.38 bits per heavy atom. The van der Waals surface area contributed by atoms with E-state index in [9.17, 15) is 13.0 Å². The Bertz CT molecular complexity index is 811. The second kappa shape index (κ2) is 7.77. The average Bonchev–Trinajstić information content (AvgIpc) is 2.89. The van der Waals surface area contributed by atoms with Gasteiger partial charge >= 0.3 is 7.60 Å². The molecule has 3 N–H and O–H groups in total. The minimum Gasteiger partial charge on any atom is -0.447 e. The zero-order valence-electron chi connectivity index (χ0n) is 12.5. The number of benzene rings is 1. The Morgan fingerprint density at radius 2 is 1.79 bits per heavy atom. The molecule has 0 bridgehead atoms. The van der Waals surface area contributed by atoms with Crippen LogP contribution in [-0.2, 0) is 21.1 Å². The number of aryl methyl sites for hydroxylation is 1. The molecule has 132 valence electrons. The largest absolute Gasteiger partial charge is 0.447 e. The number of ether oxygens (including phenoxy) is 1. The summed E-state index contributed by atoms with van der Waals surface area (Å²) < 4.78 is 47.9. The number of hydrogen-bond acceptors (Lipinski definition) is 5. The molecular formula is C14H17O7PS2. The summed E-state index contributed by atoms with van der Waals surface area (Å²) in [5.74, 6) is 0.693. The fraction of sp³-hybridized carbons (Fsp3) is 0.286. The highest BCUT2D eigenvalue weighted by atomic mass is 32.2. The van der Waals surface area contributed by atoms with Crippen molar-refractivity contribution in [1.29, 1.82) is 0 Å². The number of para-hydroxylation sites is 1. The molecule has 10 heteroatoms. The van der Waals surface area contributed by atoms with Crippen molar-refractivity contribution >= 4 is 29.1 Å².